The van der Waals surface area contributed by atoms with Crippen LogP contribution in [0.3, 0.4) is 0 Å². The maximum atomic E-state index is 12.8. The Kier molecular flexibility index (Phi) is 7.38. The molecule has 0 aliphatic heterocycles. The van der Waals surface area contributed by atoms with Crippen LogP contribution in [0.25, 0.3) is 0 Å². The van der Waals surface area contributed by atoms with E-state index in [2.05, 4.69) is 14.8 Å². The Balaban J connectivity index is 2.35. The second kappa shape index (κ2) is 9.54. The third kappa shape index (κ3) is 5.22. The number of nitrogens with one attached hydrogen (secondary N) is 2. The molecule has 0 bridgehead atoms. The van der Waals surface area contributed by atoms with Crippen molar-refractivity contribution >= 4 is 39.2 Å². The van der Waals surface area contributed by atoms with E-state index in [-0.39, 0.29) is 33.3 Å². The van der Waals surface area contributed by atoms with Crippen LogP contribution in [-0.2, 0) is 19.5 Å². The highest BCUT2D eigenvalue weighted by Crippen LogP contribution is 2.26. The van der Waals surface area contributed by atoms with Gasteiger partial charge in [-0.3, -0.25) is 9.52 Å². The molecule has 2 N–H and O–H groups in total. The standard InChI is InChI=1S/C18H19ClN2O6S/c1-26-10-9-20-17(22)13-5-3-4-6-15(13)21-28(24,25)16-11-12(18(23)27-2)7-8-14(16)19/h3-8,11,21H,9-10H2,1-2H3,(H,20,22). The number of rotatable bonds is 8. The van der Waals surface area contributed by atoms with Crippen molar-refractivity contribution in [2.75, 3.05) is 32.1 Å². The van der Waals surface area contributed by atoms with Gasteiger partial charge in [0.05, 0.1) is 35.6 Å². The van der Waals surface area contributed by atoms with Crippen LogP contribution in [-0.4, -0.2) is 47.7 Å². The Hall–Kier alpha value is -2.62. The van der Waals surface area contributed by atoms with Crippen molar-refractivity contribution in [2.45, 2.75) is 4.90 Å². The summed E-state index contributed by atoms with van der Waals surface area (Å²) in [6.45, 7) is 0.582. The number of ether oxygens (including phenoxy) is 2. The van der Waals surface area contributed by atoms with Crippen molar-refractivity contribution in [2.24, 2.45) is 0 Å². The topological polar surface area (TPSA) is 111 Å². The quantitative estimate of drug-likeness (QED) is 0.495. The first kappa shape index (κ1) is 21.7. The van der Waals surface area contributed by atoms with Crippen LogP contribution in [0.4, 0.5) is 5.69 Å². The molecule has 2 aromatic carbocycles. The van der Waals surface area contributed by atoms with Gasteiger partial charge in [-0.05, 0) is 30.3 Å². The Bertz CT molecular complexity index is 978. The molecule has 0 fully saturated rings. The van der Waals surface area contributed by atoms with Crippen LogP contribution in [0, 0.1) is 0 Å². The number of esters is 1. The van der Waals surface area contributed by atoms with E-state index in [1.165, 1.54) is 38.5 Å². The summed E-state index contributed by atoms with van der Waals surface area (Å²) in [7, 11) is -1.50. The molecule has 2 aromatic rings. The van der Waals surface area contributed by atoms with Gasteiger partial charge in [-0.15, -0.1) is 0 Å². The van der Waals surface area contributed by atoms with Gasteiger partial charge in [0, 0.05) is 13.7 Å². The molecule has 28 heavy (non-hydrogen) atoms. The second-order valence-electron chi connectivity index (χ2n) is 5.54. The van der Waals surface area contributed by atoms with Gasteiger partial charge in [-0.2, -0.15) is 0 Å². The number of hydrogen-bond donors (Lipinski definition) is 2. The van der Waals surface area contributed by atoms with Crippen LogP contribution >= 0.6 is 11.6 Å². The Labute approximate surface area is 167 Å². The van der Waals surface area contributed by atoms with Gasteiger partial charge in [0.25, 0.3) is 15.9 Å². The molecular weight excluding hydrogens is 408 g/mol. The fraction of sp³-hybridized carbons (Fsp3) is 0.222. The van der Waals surface area contributed by atoms with Crippen molar-refractivity contribution in [3.8, 4) is 0 Å². The molecule has 0 saturated carbocycles. The zero-order chi connectivity index (χ0) is 20.7. The van der Waals surface area contributed by atoms with E-state index in [9.17, 15) is 18.0 Å². The number of halogens is 1. The fourth-order valence-electron chi connectivity index (χ4n) is 2.29. The highest BCUT2D eigenvalue weighted by Gasteiger charge is 2.23. The van der Waals surface area contributed by atoms with Gasteiger partial charge < -0.3 is 14.8 Å². The fourth-order valence-corrected chi connectivity index (χ4v) is 3.89. The molecule has 0 aliphatic rings. The third-order valence-electron chi connectivity index (χ3n) is 3.65. The van der Waals surface area contributed by atoms with E-state index in [1.54, 1.807) is 12.1 Å². The Morgan fingerprint density at radius 2 is 1.82 bits per heavy atom. The van der Waals surface area contributed by atoms with Crippen molar-refractivity contribution in [3.05, 3.63) is 58.6 Å². The monoisotopic (exact) mass is 426 g/mol. The summed E-state index contributed by atoms with van der Waals surface area (Å²) < 4.78 is 37.5. The van der Waals surface area contributed by atoms with E-state index >= 15 is 0 Å². The van der Waals surface area contributed by atoms with Gasteiger partial charge in [0.15, 0.2) is 0 Å². The summed E-state index contributed by atoms with van der Waals surface area (Å²) >= 11 is 6.02. The number of hydrogen-bond acceptors (Lipinski definition) is 6. The molecule has 0 spiro atoms. The van der Waals surface area contributed by atoms with Crippen LogP contribution in [0.15, 0.2) is 47.4 Å². The van der Waals surface area contributed by atoms with Gasteiger partial charge in [0.2, 0.25) is 0 Å². The first-order valence-corrected chi connectivity index (χ1v) is 9.93. The molecule has 0 aliphatic carbocycles. The molecule has 0 heterocycles. The number of para-hydroxylation sites is 1. The summed E-state index contributed by atoms with van der Waals surface area (Å²) in [5.74, 6) is -1.17. The molecule has 0 unspecified atom stereocenters. The zero-order valence-corrected chi connectivity index (χ0v) is 16.8. The lowest BCUT2D eigenvalue weighted by Crippen LogP contribution is -2.28. The first-order chi connectivity index (χ1) is 13.3. The predicted octanol–water partition coefficient (Wildman–Crippen LogP) is 2.30. The number of anilines is 1. The predicted molar refractivity (Wildman–Crippen MR) is 104 cm³/mol. The Morgan fingerprint density at radius 1 is 1.11 bits per heavy atom. The lowest BCUT2D eigenvalue weighted by Gasteiger charge is -2.14. The maximum Gasteiger partial charge on any atom is 0.337 e. The van der Waals surface area contributed by atoms with Gasteiger partial charge in [-0.1, -0.05) is 23.7 Å². The lowest BCUT2D eigenvalue weighted by molar-refractivity contribution is 0.0600. The van der Waals surface area contributed by atoms with E-state index in [0.29, 0.717) is 6.61 Å². The maximum absolute atomic E-state index is 12.8. The largest absolute Gasteiger partial charge is 0.465 e. The molecule has 0 aromatic heterocycles. The molecule has 1 amide bonds. The zero-order valence-electron chi connectivity index (χ0n) is 15.2. The Morgan fingerprint density at radius 3 is 2.50 bits per heavy atom. The van der Waals surface area contributed by atoms with Crippen molar-refractivity contribution in [1.82, 2.24) is 5.32 Å². The van der Waals surface area contributed by atoms with Crippen molar-refractivity contribution < 1.29 is 27.5 Å². The number of benzene rings is 2. The first-order valence-electron chi connectivity index (χ1n) is 8.07. The van der Waals surface area contributed by atoms with Crippen LogP contribution in [0.5, 0.6) is 0 Å². The summed E-state index contributed by atoms with van der Waals surface area (Å²) in [6.07, 6.45) is 0. The number of amides is 1. The van der Waals surface area contributed by atoms with E-state index in [1.807, 2.05) is 0 Å². The highest BCUT2D eigenvalue weighted by atomic mass is 35.5. The summed E-state index contributed by atoms with van der Waals surface area (Å²) in [5.41, 5.74) is 0.220. The molecular formula is C18H19ClN2O6S. The van der Waals surface area contributed by atoms with Gasteiger partial charge in [-0.25, -0.2) is 13.2 Å². The second-order valence-corrected chi connectivity index (χ2v) is 7.59. The highest BCUT2D eigenvalue weighted by molar-refractivity contribution is 7.92. The van der Waals surface area contributed by atoms with Crippen molar-refractivity contribution in [3.63, 3.8) is 0 Å². The average molecular weight is 427 g/mol. The number of carbonyl (C=O) groups is 2. The summed E-state index contributed by atoms with van der Waals surface area (Å²) in [5, 5.41) is 2.54. The van der Waals surface area contributed by atoms with E-state index < -0.39 is 21.9 Å². The SMILES string of the molecule is COCCNC(=O)c1ccccc1NS(=O)(=O)c1cc(C(=O)OC)ccc1Cl. The summed E-state index contributed by atoms with van der Waals surface area (Å²) in [4.78, 5) is 23.7. The lowest BCUT2D eigenvalue weighted by atomic mass is 10.1. The third-order valence-corrected chi connectivity index (χ3v) is 5.50. The van der Waals surface area contributed by atoms with Crippen molar-refractivity contribution in [1.29, 1.82) is 0 Å². The minimum Gasteiger partial charge on any atom is -0.465 e. The molecule has 0 radical (unpaired) electrons. The smallest absolute Gasteiger partial charge is 0.337 e. The number of carbonyl (C=O) groups excluding carboxylic acids is 2. The molecule has 8 nitrogen and oxygen atoms in total. The van der Waals surface area contributed by atoms with Crippen LogP contribution in [0.1, 0.15) is 20.7 Å². The molecule has 0 atom stereocenters. The van der Waals surface area contributed by atoms with Gasteiger partial charge in [0.1, 0.15) is 4.90 Å². The minimum absolute atomic E-state index is 0.0258. The van der Waals surface area contributed by atoms with E-state index in [0.717, 1.165) is 6.07 Å². The number of methoxy groups -OCH3 is 2. The average Bonchev–Trinajstić information content (AvgIpc) is 2.67. The normalized spacial score (nSPS) is 11.0. The molecule has 10 heteroatoms. The summed E-state index contributed by atoms with van der Waals surface area (Å²) in [6, 6.07) is 9.85. The molecule has 2 rings (SSSR count). The van der Waals surface area contributed by atoms with Crippen LogP contribution < -0.4 is 10.0 Å². The minimum atomic E-state index is -4.18. The molecule has 150 valence electrons. The van der Waals surface area contributed by atoms with E-state index in [4.69, 9.17) is 16.3 Å². The molecule has 0 saturated heterocycles. The number of sulfonamides is 1. The van der Waals surface area contributed by atoms with Gasteiger partial charge >= 0.3 is 5.97 Å². The van der Waals surface area contributed by atoms with Crippen LogP contribution in [0.2, 0.25) is 5.02 Å².